The fourth-order valence-corrected chi connectivity index (χ4v) is 4.84. The third-order valence-electron chi connectivity index (χ3n) is 3.26. The lowest BCUT2D eigenvalue weighted by molar-refractivity contribution is -0.122. The zero-order valence-electron chi connectivity index (χ0n) is 10.2. The van der Waals surface area contributed by atoms with E-state index in [4.69, 9.17) is 0 Å². The Morgan fingerprint density at radius 1 is 1.27 bits per heavy atom. The zero-order chi connectivity index (χ0) is 11.4. The molecule has 0 spiro atoms. The molecule has 1 saturated heterocycles. The molecule has 0 radical (unpaired) electrons. The van der Waals surface area contributed by atoms with Gasteiger partial charge in [-0.3, -0.25) is 4.79 Å². The van der Waals surface area contributed by atoms with Gasteiger partial charge < -0.3 is 0 Å². The summed E-state index contributed by atoms with van der Waals surface area (Å²) in [6.45, 7) is 8.76. The van der Waals surface area contributed by atoms with Crippen molar-refractivity contribution in [2.45, 2.75) is 56.3 Å². The summed E-state index contributed by atoms with van der Waals surface area (Å²) in [6.07, 6.45) is 2.00. The van der Waals surface area contributed by atoms with Crippen LogP contribution in [0.15, 0.2) is 0 Å². The highest BCUT2D eigenvalue weighted by molar-refractivity contribution is 8.08. The molecule has 0 N–H and O–H groups in total. The van der Waals surface area contributed by atoms with Crippen LogP contribution in [0.2, 0.25) is 0 Å². The predicted molar refractivity (Wildman–Crippen MR) is 71.8 cm³/mol. The normalized spacial score (nSPS) is 31.9. The molecule has 0 amide bonds. The number of hydrogen-bond acceptors (Lipinski definition) is 3. The van der Waals surface area contributed by atoms with Gasteiger partial charge in [0.05, 0.1) is 5.25 Å². The van der Waals surface area contributed by atoms with E-state index in [0.717, 1.165) is 18.6 Å². The van der Waals surface area contributed by atoms with Crippen molar-refractivity contribution < 1.29 is 4.79 Å². The fraction of sp³-hybridized carbons (Fsp3) is 0.917. The molecular weight excluding hydrogens is 224 g/mol. The van der Waals surface area contributed by atoms with Crippen LogP contribution < -0.4 is 0 Å². The second-order valence-corrected chi connectivity index (χ2v) is 7.28. The Morgan fingerprint density at radius 3 is 2.33 bits per heavy atom. The highest BCUT2D eigenvalue weighted by atomic mass is 32.2. The smallest absolute Gasteiger partial charge is 0.149 e. The topological polar surface area (TPSA) is 17.1 Å². The van der Waals surface area contributed by atoms with Crippen LogP contribution in [0.1, 0.15) is 40.5 Å². The summed E-state index contributed by atoms with van der Waals surface area (Å²) < 4.78 is 0. The van der Waals surface area contributed by atoms with Crippen LogP contribution in [0.4, 0.5) is 0 Å². The van der Waals surface area contributed by atoms with Crippen molar-refractivity contribution in [3.8, 4) is 0 Å². The summed E-state index contributed by atoms with van der Waals surface area (Å²) in [5.74, 6) is 1.81. The van der Waals surface area contributed by atoms with E-state index in [-0.39, 0.29) is 5.25 Å². The predicted octanol–water partition coefficient (Wildman–Crippen LogP) is 3.62. The third-order valence-corrected chi connectivity index (χ3v) is 6.66. The summed E-state index contributed by atoms with van der Waals surface area (Å²) in [5, 5.41) is 1.57. The number of carbonyl (C=O) groups is 1. The van der Waals surface area contributed by atoms with E-state index in [2.05, 4.69) is 27.7 Å². The van der Waals surface area contributed by atoms with Gasteiger partial charge in [-0.1, -0.05) is 27.7 Å². The van der Waals surface area contributed by atoms with Crippen molar-refractivity contribution in [3.63, 3.8) is 0 Å². The molecule has 1 heterocycles. The Hall–Kier alpha value is 0.370. The summed E-state index contributed by atoms with van der Waals surface area (Å²) in [4.78, 5) is 12.2. The van der Waals surface area contributed by atoms with E-state index in [1.165, 1.54) is 0 Å². The maximum atomic E-state index is 12.2. The van der Waals surface area contributed by atoms with Crippen LogP contribution in [0, 0.1) is 5.92 Å². The van der Waals surface area contributed by atoms with Gasteiger partial charge in [0.1, 0.15) is 5.78 Å². The first-order chi connectivity index (χ1) is 7.10. The molecule has 0 aromatic heterocycles. The van der Waals surface area contributed by atoms with Gasteiger partial charge in [0.25, 0.3) is 0 Å². The number of Topliss-reactive ketones (excluding diaryl/α,β-unsaturated/α-hetero) is 1. The van der Waals surface area contributed by atoms with Gasteiger partial charge in [0.2, 0.25) is 0 Å². The summed E-state index contributed by atoms with van der Waals surface area (Å²) in [7, 11) is 0. The second-order valence-electron chi connectivity index (χ2n) is 4.28. The Labute approximate surface area is 102 Å². The Kier molecular flexibility index (Phi) is 5.54. The van der Waals surface area contributed by atoms with Crippen molar-refractivity contribution in [3.05, 3.63) is 0 Å². The number of hydrogen-bond donors (Lipinski definition) is 0. The van der Waals surface area contributed by atoms with E-state index >= 15 is 0 Å². The minimum atomic E-state index is 0.256. The van der Waals surface area contributed by atoms with E-state index in [1.807, 2.05) is 23.5 Å². The molecular formula is C12H22OS2. The second kappa shape index (κ2) is 6.19. The minimum Gasteiger partial charge on any atom is -0.298 e. The van der Waals surface area contributed by atoms with Crippen molar-refractivity contribution in [1.82, 2.24) is 0 Å². The first kappa shape index (κ1) is 13.4. The number of rotatable bonds is 4. The highest BCUT2D eigenvalue weighted by Crippen LogP contribution is 2.37. The van der Waals surface area contributed by atoms with Crippen LogP contribution in [0.5, 0.6) is 0 Å². The lowest BCUT2D eigenvalue weighted by Gasteiger charge is -2.31. The molecule has 1 fully saturated rings. The van der Waals surface area contributed by atoms with Crippen molar-refractivity contribution in [2.75, 3.05) is 5.75 Å². The van der Waals surface area contributed by atoms with E-state index < -0.39 is 0 Å². The molecule has 1 rings (SSSR count). The number of carbonyl (C=O) groups excluding carboxylic acids is 1. The molecule has 1 aliphatic rings. The van der Waals surface area contributed by atoms with Crippen LogP contribution in [-0.4, -0.2) is 27.3 Å². The molecule has 15 heavy (non-hydrogen) atoms. The van der Waals surface area contributed by atoms with Crippen molar-refractivity contribution >= 4 is 29.3 Å². The molecule has 3 atom stereocenters. The molecule has 3 heteroatoms. The molecule has 0 saturated carbocycles. The van der Waals surface area contributed by atoms with Crippen molar-refractivity contribution in [2.24, 2.45) is 5.92 Å². The molecule has 1 nitrogen and oxygen atoms in total. The third kappa shape index (κ3) is 3.42. The Balaban J connectivity index is 2.53. The number of thioether (sulfide) groups is 2. The summed E-state index contributed by atoms with van der Waals surface area (Å²) >= 11 is 3.85. The molecule has 1 aliphatic heterocycles. The molecule has 0 aromatic carbocycles. The van der Waals surface area contributed by atoms with Gasteiger partial charge in [0, 0.05) is 22.2 Å². The zero-order valence-corrected chi connectivity index (χ0v) is 11.8. The molecule has 88 valence electrons. The van der Waals surface area contributed by atoms with E-state index in [0.29, 0.717) is 22.2 Å². The van der Waals surface area contributed by atoms with Gasteiger partial charge in [-0.25, -0.2) is 0 Å². The summed E-state index contributed by atoms with van der Waals surface area (Å²) in [6, 6.07) is 0. The highest BCUT2D eigenvalue weighted by Gasteiger charge is 2.32. The fourth-order valence-electron chi connectivity index (χ4n) is 1.89. The van der Waals surface area contributed by atoms with Crippen LogP contribution in [-0.2, 0) is 4.79 Å². The summed E-state index contributed by atoms with van der Waals surface area (Å²) in [5.41, 5.74) is 0. The van der Waals surface area contributed by atoms with Crippen LogP contribution in [0.25, 0.3) is 0 Å². The monoisotopic (exact) mass is 246 g/mol. The van der Waals surface area contributed by atoms with E-state index in [1.54, 1.807) is 0 Å². The Morgan fingerprint density at radius 2 is 1.87 bits per heavy atom. The standard InChI is InChI=1S/C12H22OS2/c1-5-10(6-2)12(13)11-7-14-8(3)9(4)15-11/h8-11H,5-7H2,1-4H3. The molecule has 0 aromatic rings. The quantitative estimate of drug-likeness (QED) is 0.754. The first-order valence-corrected chi connectivity index (χ1v) is 7.90. The average molecular weight is 246 g/mol. The molecule has 0 aliphatic carbocycles. The largest absolute Gasteiger partial charge is 0.298 e. The van der Waals surface area contributed by atoms with Crippen LogP contribution >= 0.6 is 23.5 Å². The maximum absolute atomic E-state index is 12.2. The maximum Gasteiger partial charge on any atom is 0.149 e. The van der Waals surface area contributed by atoms with Gasteiger partial charge in [0.15, 0.2) is 0 Å². The lowest BCUT2D eigenvalue weighted by atomic mass is 9.96. The van der Waals surface area contributed by atoms with Gasteiger partial charge in [-0.15, -0.1) is 11.8 Å². The van der Waals surface area contributed by atoms with E-state index in [9.17, 15) is 4.79 Å². The van der Waals surface area contributed by atoms with Crippen LogP contribution in [0.3, 0.4) is 0 Å². The Bertz CT molecular complexity index is 214. The first-order valence-electron chi connectivity index (χ1n) is 5.90. The lowest BCUT2D eigenvalue weighted by Crippen LogP contribution is -2.34. The van der Waals surface area contributed by atoms with Crippen molar-refractivity contribution in [1.29, 1.82) is 0 Å². The SMILES string of the molecule is CCC(CC)C(=O)C1CSC(C)C(C)S1. The van der Waals surface area contributed by atoms with Gasteiger partial charge in [-0.05, 0) is 12.8 Å². The van der Waals surface area contributed by atoms with Gasteiger partial charge >= 0.3 is 0 Å². The minimum absolute atomic E-state index is 0.256. The number of ketones is 1. The molecule has 3 unspecified atom stereocenters. The van der Waals surface area contributed by atoms with Gasteiger partial charge in [-0.2, -0.15) is 11.8 Å². The molecule has 0 bridgehead atoms. The average Bonchev–Trinajstić information content (AvgIpc) is 2.23.